The fourth-order valence-electron chi connectivity index (χ4n) is 6.53. The molecule has 1 saturated heterocycles. The van der Waals surface area contributed by atoms with Crippen LogP contribution in [-0.2, 0) is 51.2 Å². The number of carboxylic acids is 1. The second kappa shape index (κ2) is 23.5. The highest BCUT2D eigenvalue weighted by atomic mass is 16.4. The van der Waals surface area contributed by atoms with Gasteiger partial charge in [-0.1, -0.05) is 56.3 Å². The number of hydrogen-bond acceptors (Lipinski definition) is 12. The van der Waals surface area contributed by atoms with E-state index < -0.39 is 109 Å². The molecule has 328 valence electrons. The summed E-state index contributed by atoms with van der Waals surface area (Å²) in [6.45, 7) is 2.94. The topological polar surface area (TPSA) is 319 Å². The zero-order valence-electron chi connectivity index (χ0n) is 33.8. The lowest BCUT2D eigenvalue weighted by Gasteiger charge is -2.31. The summed E-state index contributed by atoms with van der Waals surface area (Å²) in [7, 11) is 0. The summed E-state index contributed by atoms with van der Waals surface area (Å²) < 4.78 is 0. The average Bonchev–Trinajstić information content (AvgIpc) is 3.71. The van der Waals surface area contributed by atoms with Gasteiger partial charge in [0.2, 0.25) is 41.4 Å². The Morgan fingerprint density at radius 1 is 0.750 bits per heavy atom. The molecule has 0 aromatic heterocycles. The van der Waals surface area contributed by atoms with E-state index in [4.69, 9.17) is 10.8 Å². The van der Waals surface area contributed by atoms with Crippen LogP contribution in [0.5, 0.6) is 5.75 Å². The van der Waals surface area contributed by atoms with Gasteiger partial charge in [0.15, 0.2) is 0 Å². The van der Waals surface area contributed by atoms with Gasteiger partial charge in [-0.2, -0.15) is 0 Å². The number of nitrogens with one attached hydrogen (secondary N) is 6. The third kappa shape index (κ3) is 14.9. The standard InChI is InChI=1S/C40H56N8O12/c1-22(2)16-27(35(55)42-20-33(53)54)44-36(56)28(17-25-11-13-26(51)14-12-25)45-39(59)34(23(3)50)47-38(58)31-10-7-15-48(31)40(60)29(18-24-8-5-4-6-9-24)46-37(57)30(21-49)43-32(52)19-41/h4-6,8-9,11-14,22-23,27-31,34,49-51H,7,10,15-21,41H2,1-3H3,(H,42,55)(H,43,52)(H,44,56)(H,45,59)(H,46,57)(H,47,58)(H,53,54). The van der Waals surface area contributed by atoms with Crippen molar-refractivity contribution in [3.8, 4) is 5.75 Å². The molecule has 1 aliphatic heterocycles. The number of rotatable bonds is 22. The number of aromatic hydroxyl groups is 1. The molecule has 2 aromatic carbocycles. The van der Waals surface area contributed by atoms with Crippen LogP contribution in [0, 0.1) is 5.92 Å². The summed E-state index contributed by atoms with van der Waals surface area (Å²) in [6.07, 6.45) is -1.10. The maximum absolute atomic E-state index is 14.2. The summed E-state index contributed by atoms with van der Waals surface area (Å²) in [6, 6.07) is 6.27. The first-order valence-electron chi connectivity index (χ1n) is 19.6. The van der Waals surface area contributed by atoms with Gasteiger partial charge in [-0.25, -0.2) is 0 Å². The van der Waals surface area contributed by atoms with Gasteiger partial charge < -0.3 is 63.0 Å². The molecule has 20 nitrogen and oxygen atoms in total. The third-order valence-corrected chi connectivity index (χ3v) is 9.58. The van der Waals surface area contributed by atoms with E-state index in [0.717, 1.165) is 0 Å². The smallest absolute Gasteiger partial charge is 0.322 e. The summed E-state index contributed by atoms with van der Waals surface area (Å²) in [5.41, 5.74) is 6.46. The molecule has 1 fully saturated rings. The van der Waals surface area contributed by atoms with Crippen molar-refractivity contribution in [1.82, 2.24) is 36.8 Å². The van der Waals surface area contributed by atoms with E-state index in [1.165, 1.54) is 36.1 Å². The summed E-state index contributed by atoms with van der Waals surface area (Å²) in [4.78, 5) is 106. The lowest BCUT2D eigenvalue weighted by Crippen LogP contribution is -2.62. The zero-order chi connectivity index (χ0) is 44.5. The third-order valence-electron chi connectivity index (χ3n) is 9.58. The van der Waals surface area contributed by atoms with Gasteiger partial charge in [0.25, 0.3) is 0 Å². The van der Waals surface area contributed by atoms with Crippen LogP contribution in [0.3, 0.4) is 0 Å². The van der Waals surface area contributed by atoms with Crippen molar-refractivity contribution in [3.63, 3.8) is 0 Å². The Bertz CT molecular complexity index is 1810. The van der Waals surface area contributed by atoms with Crippen molar-refractivity contribution in [2.24, 2.45) is 11.7 Å². The number of nitrogens with zero attached hydrogens (tertiary/aromatic N) is 1. The minimum atomic E-state index is -1.66. The van der Waals surface area contributed by atoms with E-state index in [2.05, 4.69) is 31.9 Å². The number of carbonyl (C=O) groups is 8. The molecule has 1 aliphatic rings. The molecule has 2 aromatic rings. The van der Waals surface area contributed by atoms with Crippen LogP contribution < -0.4 is 37.6 Å². The molecule has 0 bridgehead atoms. The Hall–Kier alpha value is -6.12. The van der Waals surface area contributed by atoms with Gasteiger partial charge in [0, 0.05) is 19.4 Å². The highest BCUT2D eigenvalue weighted by Crippen LogP contribution is 2.21. The Morgan fingerprint density at radius 2 is 1.33 bits per heavy atom. The zero-order valence-corrected chi connectivity index (χ0v) is 33.8. The molecule has 60 heavy (non-hydrogen) atoms. The lowest BCUT2D eigenvalue weighted by atomic mass is 10.0. The minimum absolute atomic E-state index is 0.0261. The van der Waals surface area contributed by atoms with Gasteiger partial charge in [-0.15, -0.1) is 0 Å². The Kier molecular flexibility index (Phi) is 18.9. The number of phenols is 1. The number of nitrogens with two attached hydrogens (primary N) is 1. The second-order valence-electron chi connectivity index (χ2n) is 14.9. The number of amides is 7. The maximum Gasteiger partial charge on any atom is 0.322 e. The number of phenolic OH excluding ortho intramolecular Hbond substituents is 1. The highest BCUT2D eigenvalue weighted by Gasteiger charge is 2.41. The van der Waals surface area contributed by atoms with Crippen molar-refractivity contribution in [1.29, 1.82) is 0 Å². The molecule has 0 radical (unpaired) electrons. The van der Waals surface area contributed by atoms with Crippen LogP contribution in [0.25, 0.3) is 0 Å². The number of aliphatic hydroxyl groups is 2. The van der Waals surface area contributed by atoms with Crippen LogP contribution in [0.2, 0.25) is 0 Å². The van der Waals surface area contributed by atoms with E-state index in [1.54, 1.807) is 44.2 Å². The van der Waals surface area contributed by atoms with Crippen LogP contribution in [0.15, 0.2) is 54.6 Å². The monoisotopic (exact) mass is 840 g/mol. The van der Waals surface area contributed by atoms with Crippen LogP contribution in [-0.4, -0.2) is 141 Å². The first kappa shape index (κ1) is 48.3. The molecule has 20 heteroatoms. The molecule has 7 unspecified atom stereocenters. The number of carboxylic acid groups (broad SMARTS) is 1. The molecule has 12 N–H and O–H groups in total. The van der Waals surface area contributed by atoms with Crippen LogP contribution in [0.1, 0.15) is 51.2 Å². The lowest BCUT2D eigenvalue weighted by molar-refractivity contribution is -0.143. The molecule has 7 amide bonds. The fourth-order valence-corrected chi connectivity index (χ4v) is 6.53. The minimum Gasteiger partial charge on any atom is -0.508 e. The largest absolute Gasteiger partial charge is 0.508 e. The van der Waals surface area contributed by atoms with Gasteiger partial charge in [-0.05, 0) is 55.4 Å². The number of benzene rings is 2. The number of likely N-dealkylation sites (tertiary alicyclic amines) is 1. The number of aliphatic hydroxyl groups excluding tert-OH is 2. The van der Waals surface area contributed by atoms with Crippen molar-refractivity contribution >= 4 is 47.3 Å². The van der Waals surface area contributed by atoms with Crippen LogP contribution in [0.4, 0.5) is 0 Å². The second-order valence-corrected chi connectivity index (χ2v) is 14.9. The van der Waals surface area contributed by atoms with Gasteiger partial charge >= 0.3 is 5.97 Å². The summed E-state index contributed by atoms with van der Waals surface area (Å²) in [5, 5.41) is 54.1. The summed E-state index contributed by atoms with van der Waals surface area (Å²) in [5.74, 6) is -7.16. The first-order valence-corrected chi connectivity index (χ1v) is 19.6. The number of hydrogen-bond donors (Lipinski definition) is 11. The quantitative estimate of drug-likeness (QED) is 0.0571. The van der Waals surface area contributed by atoms with E-state index in [0.29, 0.717) is 17.5 Å². The fraction of sp³-hybridized carbons (Fsp3) is 0.500. The van der Waals surface area contributed by atoms with E-state index in [9.17, 15) is 53.7 Å². The average molecular weight is 841 g/mol. The van der Waals surface area contributed by atoms with E-state index in [-0.39, 0.29) is 43.9 Å². The van der Waals surface area contributed by atoms with Crippen LogP contribution >= 0.6 is 0 Å². The predicted octanol–water partition coefficient (Wildman–Crippen LogP) is -2.83. The van der Waals surface area contributed by atoms with Gasteiger partial charge in [0.05, 0.1) is 19.3 Å². The van der Waals surface area contributed by atoms with Crippen molar-refractivity contribution in [2.45, 2.75) is 95.2 Å². The SMILES string of the molecule is CC(C)CC(NC(=O)C(Cc1ccc(O)cc1)NC(=O)C(NC(=O)C1CCCN1C(=O)C(Cc1ccccc1)NC(=O)C(CO)NC(=O)CN)C(C)O)C(=O)NCC(=O)O. The Labute approximate surface area is 347 Å². The molecule has 7 atom stereocenters. The molecule has 0 saturated carbocycles. The van der Waals surface area contributed by atoms with Crippen molar-refractivity contribution in [3.05, 3.63) is 65.7 Å². The van der Waals surface area contributed by atoms with Gasteiger partial charge in [-0.3, -0.25) is 38.4 Å². The predicted molar refractivity (Wildman–Crippen MR) is 214 cm³/mol. The molecule has 0 aliphatic carbocycles. The van der Waals surface area contributed by atoms with Crippen molar-refractivity contribution < 1.29 is 58.8 Å². The molecule has 3 rings (SSSR count). The van der Waals surface area contributed by atoms with E-state index in [1.807, 2.05) is 0 Å². The molecule has 0 spiro atoms. The van der Waals surface area contributed by atoms with Gasteiger partial charge in [0.1, 0.15) is 48.5 Å². The van der Waals surface area contributed by atoms with E-state index >= 15 is 0 Å². The molecular formula is C40H56N8O12. The maximum atomic E-state index is 14.2. The summed E-state index contributed by atoms with van der Waals surface area (Å²) >= 11 is 0. The van der Waals surface area contributed by atoms with Crippen molar-refractivity contribution in [2.75, 3.05) is 26.2 Å². The number of carbonyl (C=O) groups excluding carboxylic acids is 7. The first-order chi connectivity index (χ1) is 28.4. The molecule has 1 heterocycles. The highest BCUT2D eigenvalue weighted by molar-refractivity contribution is 5.98. The normalized spacial score (nSPS) is 16.6. The number of aliphatic carboxylic acids is 1. The Morgan fingerprint density at radius 3 is 1.92 bits per heavy atom. The molecular weight excluding hydrogens is 784 g/mol. The Balaban J connectivity index is 1.85.